The lowest BCUT2D eigenvalue weighted by molar-refractivity contribution is -0.144. The zero-order valence-corrected chi connectivity index (χ0v) is 12.4. The third kappa shape index (κ3) is 3.60. The maximum absolute atomic E-state index is 10.7. The third-order valence-electron chi connectivity index (χ3n) is 3.26. The van der Waals surface area contributed by atoms with Gasteiger partial charge in [-0.2, -0.15) is 0 Å². The van der Waals surface area contributed by atoms with Crippen LogP contribution in [0, 0.1) is 0 Å². The Labute approximate surface area is 132 Å². The minimum atomic E-state index is -1.00. The first kappa shape index (κ1) is 14.9. The maximum Gasteiger partial charge on any atom is 0.344 e. The third-order valence-corrected chi connectivity index (χ3v) is 3.26. The Morgan fingerprint density at radius 2 is 1.96 bits per heavy atom. The van der Waals surface area contributed by atoms with Gasteiger partial charge in [0.1, 0.15) is 5.75 Å². The molecule has 0 spiro atoms. The van der Waals surface area contributed by atoms with Crippen LogP contribution in [0.1, 0.15) is 12.5 Å². The molecule has 2 aromatic carbocycles. The molecule has 1 heterocycles. The number of rotatable bonds is 5. The molecular formula is C17H15NO5. The highest BCUT2D eigenvalue weighted by Gasteiger charge is 2.13. The second-order valence-corrected chi connectivity index (χ2v) is 4.96. The van der Waals surface area contributed by atoms with E-state index in [0.717, 1.165) is 17.0 Å². The first-order valence-electron chi connectivity index (χ1n) is 7.05. The maximum atomic E-state index is 10.7. The molecule has 1 N–H and O–H groups in total. The highest BCUT2D eigenvalue weighted by atomic mass is 16.7. The number of carboxylic acids is 1. The molecule has 0 unspecified atom stereocenters. The molecule has 1 aliphatic rings. The predicted octanol–water partition coefficient (Wildman–Crippen LogP) is 3.02. The van der Waals surface area contributed by atoms with Crippen molar-refractivity contribution in [3.63, 3.8) is 0 Å². The molecule has 23 heavy (non-hydrogen) atoms. The lowest BCUT2D eigenvalue weighted by Gasteiger charge is -2.09. The van der Waals surface area contributed by atoms with Crippen molar-refractivity contribution in [1.82, 2.24) is 0 Å². The molecule has 2 aromatic rings. The van der Waals surface area contributed by atoms with Crippen molar-refractivity contribution < 1.29 is 24.1 Å². The van der Waals surface area contributed by atoms with E-state index in [0.29, 0.717) is 11.5 Å². The zero-order chi connectivity index (χ0) is 16.2. The Morgan fingerprint density at radius 1 is 1.22 bits per heavy atom. The smallest absolute Gasteiger partial charge is 0.344 e. The molecule has 118 valence electrons. The molecule has 0 amide bonds. The summed E-state index contributed by atoms with van der Waals surface area (Å²) >= 11 is 0. The van der Waals surface area contributed by atoms with E-state index in [9.17, 15) is 4.79 Å². The fourth-order valence-electron chi connectivity index (χ4n) is 2.00. The van der Waals surface area contributed by atoms with E-state index in [4.69, 9.17) is 19.3 Å². The molecule has 0 bridgehead atoms. The van der Waals surface area contributed by atoms with E-state index >= 15 is 0 Å². The molecule has 1 atom stereocenters. The second kappa shape index (κ2) is 6.39. The first-order valence-corrected chi connectivity index (χ1v) is 7.05. The zero-order valence-electron chi connectivity index (χ0n) is 12.4. The molecule has 0 fully saturated rings. The van der Waals surface area contributed by atoms with Crippen LogP contribution in [0.3, 0.4) is 0 Å². The standard InChI is InChI=1S/C17H15NO5/c1-11(17(19)20)23-14-5-2-12(3-6-14)9-18-13-4-7-15-16(8-13)22-10-21-15/h2-9,11H,10H2,1H3,(H,19,20)/t11-/m1/s1. The van der Waals surface area contributed by atoms with E-state index in [1.54, 1.807) is 30.5 Å². The van der Waals surface area contributed by atoms with Gasteiger partial charge in [0, 0.05) is 12.3 Å². The van der Waals surface area contributed by atoms with Gasteiger partial charge in [0.05, 0.1) is 5.69 Å². The molecule has 6 heteroatoms. The second-order valence-electron chi connectivity index (χ2n) is 4.96. The summed E-state index contributed by atoms with van der Waals surface area (Å²) in [4.78, 5) is 15.1. The first-order chi connectivity index (χ1) is 11.1. The van der Waals surface area contributed by atoms with E-state index in [1.807, 2.05) is 18.2 Å². The number of ether oxygens (including phenoxy) is 3. The van der Waals surface area contributed by atoms with E-state index in [1.165, 1.54) is 6.92 Å². The fraction of sp³-hybridized carbons (Fsp3) is 0.176. The van der Waals surface area contributed by atoms with Gasteiger partial charge in [-0.1, -0.05) is 0 Å². The van der Waals surface area contributed by atoms with Gasteiger partial charge < -0.3 is 19.3 Å². The van der Waals surface area contributed by atoms with Crippen LogP contribution < -0.4 is 14.2 Å². The minimum absolute atomic E-state index is 0.235. The van der Waals surface area contributed by atoms with Gasteiger partial charge in [-0.15, -0.1) is 0 Å². The summed E-state index contributed by atoms with van der Waals surface area (Å²) < 4.78 is 15.8. The lowest BCUT2D eigenvalue weighted by atomic mass is 10.2. The van der Waals surface area contributed by atoms with Gasteiger partial charge in [0.15, 0.2) is 17.6 Å². The normalized spacial score (nSPS) is 14.0. The Morgan fingerprint density at radius 3 is 2.70 bits per heavy atom. The van der Waals surface area contributed by atoms with Crippen LogP contribution in [0.25, 0.3) is 0 Å². The molecular weight excluding hydrogens is 298 g/mol. The summed E-state index contributed by atoms with van der Waals surface area (Å²) in [6, 6.07) is 12.5. The van der Waals surface area contributed by atoms with Crippen LogP contribution in [-0.4, -0.2) is 30.2 Å². The van der Waals surface area contributed by atoms with Crippen molar-refractivity contribution >= 4 is 17.9 Å². The predicted molar refractivity (Wildman–Crippen MR) is 84.0 cm³/mol. The molecule has 0 aliphatic carbocycles. The fourth-order valence-corrected chi connectivity index (χ4v) is 2.00. The van der Waals surface area contributed by atoms with Gasteiger partial charge in [-0.3, -0.25) is 4.99 Å². The topological polar surface area (TPSA) is 77.3 Å². The van der Waals surface area contributed by atoms with Gasteiger partial charge in [-0.25, -0.2) is 4.79 Å². The number of hydrogen-bond donors (Lipinski definition) is 1. The number of aliphatic imine (C=N–C) groups is 1. The van der Waals surface area contributed by atoms with Crippen molar-refractivity contribution in [1.29, 1.82) is 0 Å². The summed E-state index contributed by atoms with van der Waals surface area (Å²) in [6.45, 7) is 1.72. The van der Waals surface area contributed by atoms with Crippen LogP contribution >= 0.6 is 0 Å². The number of hydrogen-bond acceptors (Lipinski definition) is 5. The van der Waals surface area contributed by atoms with Gasteiger partial charge >= 0.3 is 5.97 Å². The average molecular weight is 313 g/mol. The van der Waals surface area contributed by atoms with Gasteiger partial charge in [0.25, 0.3) is 0 Å². The van der Waals surface area contributed by atoms with Crippen molar-refractivity contribution in [2.75, 3.05) is 6.79 Å². The number of aliphatic carboxylic acids is 1. The summed E-state index contributed by atoms with van der Waals surface area (Å²) in [5.41, 5.74) is 1.63. The Balaban J connectivity index is 1.67. The highest BCUT2D eigenvalue weighted by Crippen LogP contribution is 2.35. The highest BCUT2D eigenvalue weighted by molar-refractivity contribution is 5.82. The molecule has 0 saturated heterocycles. The molecule has 3 rings (SSSR count). The van der Waals surface area contributed by atoms with Crippen LogP contribution in [0.5, 0.6) is 17.2 Å². The minimum Gasteiger partial charge on any atom is -0.479 e. The van der Waals surface area contributed by atoms with Crippen LogP contribution in [0.15, 0.2) is 47.5 Å². The molecule has 1 aliphatic heterocycles. The monoisotopic (exact) mass is 313 g/mol. The van der Waals surface area contributed by atoms with Crippen LogP contribution in [0.2, 0.25) is 0 Å². The van der Waals surface area contributed by atoms with E-state index in [-0.39, 0.29) is 6.79 Å². The largest absolute Gasteiger partial charge is 0.479 e. The van der Waals surface area contributed by atoms with E-state index < -0.39 is 12.1 Å². The lowest BCUT2D eigenvalue weighted by Crippen LogP contribution is -2.22. The van der Waals surface area contributed by atoms with Crippen molar-refractivity contribution in [2.45, 2.75) is 13.0 Å². The molecule has 0 radical (unpaired) electrons. The van der Waals surface area contributed by atoms with Crippen LogP contribution in [0.4, 0.5) is 5.69 Å². The van der Waals surface area contributed by atoms with Gasteiger partial charge in [0.2, 0.25) is 6.79 Å². The summed E-state index contributed by atoms with van der Waals surface area (Å²) in [5, 5.41) is 8.81. The molecule has 0 aromatic heterocycles. The van der Waals surface area contributed by atoms with Crippen molar-refractivity contribution in [3.05, 3.63) is 48.0 Å². The van der Waals surface area contributed by atoms with Gasteiger partial charge in [-0.05, 0) is 48.9 Å². The number of fused-ring (bicyclic) bond motifs is 1. The molecule has 0 saturated carbocycles. The number of benzene rings is 2. The van der Waals surface area contributed by atoms with Crippen LogP contribution in [-0.2, 0) is 4.79 Å². The average Bonchev–Trinajstić information content (AvgIpc) is 3.01. The Hall–Kier alpha value is -3.02. The Bertz CT molecular complexity index is 739. The Kier molecular flexibility index (Phi) is 4.14. The van der Waals surface area contributed by atoms with Crippen molar-refractivity contribution in [2.24, 2.45) is 4.99 Å². The summed E-state index contributed by atoms with van der Waals surface area (Å²) in [5.74, 6) is 0.905. The summed E-state index contributed by atoms with van der Waals surface area (Å²) in [6.07, 6.45) is 0.824. The number of nitrogens with zero attached hydrogens (tertiary/aromatic N) is 1. The van der Waals surface area contributed by atoms with E-state index in [2.05, 4.69) is 4.99 Å². The number of carboxylic acid groups (broad SMARTS) is 1. The van der Waals surface area contributed by atoms with Crippen molar-refractivity contribution in [3.8, 4) is 17.2 Å². The summed E-state index contributed by atoms with van der Waals surface area (Å²) in [7, 11) is 0. The molecule has 6 nitrogen and oxygen atoms in total. The number of carbonyl (C=O) groups is 1. The SMILES string of the molecule is C[C@@H](Oc1ccc(C=Nc2ccc3c(c2)OCO3)cc1)C(=O)O. The quantitative estimate of drug-likeness (QED) is 0.859.